The van der Waals surface area contributed by atoms with Gasteiger partial charge in [-0.2, -0.15) is 0 Å². The van der Waals surface area contributed by atoms with Crippen molar-refractivity contribution in [1.29, 1.82) is 0 Å². The molecule has 1 amide bonds. The molecule has 0 bridgehead atoms. The molecule has 1 N–H and O–H groups in total. The zero-order chi connectivity index (χ0) is 16.8. The molecule has 0 aromatic carbocycles. The molecule has 0 aliphatic carbocycles. The maximum atomic E-state index is 12.3. The normalized spacial score (nSPS) is 10.2. The molecule has 3 aromatic heterocycles. The minimum absolute atomic E-state index is 0.328. The lowest BCUT2D eigenvalue weighted by molar-refractivity contribution is 0.102. The topological polar surface area (TPSA) is 77.0 Å². The van der Waals surface area contributed by atoms with Gasteiger partial charge in [0.15, 0.2) is 11.6 Å². The fraction of sp³-hybridized carbons (Fsp3) is 0.111. The van der Waals surface area contributed by atoms with Gasteiger partial charge in [-0.05, 0) is 48.9 Å². The Balaban J connectivity index is 1.73. The zero-order valence-corrected chi connectivity index (χ0v) is 13.1. The third-order valence-electron chi connectivity index (χ3n) is 3.27. The molecule has 120 valence electrons. The molecule has 0 radical (unpaired) electrons. The number of hydrogen-bond donors (Lipinski definition) is 1. The molecule has 6 nitrogen and oxygen atoms in total. The Bertz CT molecular complexity index is 837. The van der Waals surface area contributed by atoms with Crippen LogP contribution in [0.25, 0.3) is 0 Å². The molecule has 0 aliphatic rings. The van der Waals surface area contributed by atoms with Gasteiger partial charge >= 0.3 is 0 Å². The predicted octanol–water partition coefficient (Wildman–Crippen LogP) is 3.01. The van der Waals surface area contributed by atoms with E-state index in [4.69, 9.17) is 4.74 Å². The molecular weight excluding hydrogens is 304 g/mol. The van der Waals surface area contributed by atoms with Crippen LogP contribution in [0.5, 0.6) is 5.75 Å². The van der Waals surface area contributed by atoms with Gasteiger partial charge in [-0.1, -0.05) is 6.07 Å². The lowest BCUT2D eigenvalue weighted by Gasteiger charge is -2.11. The van der Waals surface area contributed by atoms with Crippen LogP contribution < -0.4 is 10.1 Å². The highest BCUT2D eigenvalue weighted by Gasteiger charge is 2.12. The van der Waals surface area contributed by atoms with Crippen LogP contribution in [0.2, 0.25) is 0 Å². The van der Waals surface area contributed by atoms with Crippen LogP contribution in [0.4, 0.5) is 5.82 Å². The average molecular weight is 320 g/mol. The lowest BCUT2D eigenvalue weighted by Crippen LogP contribution is -2.15. The fourth-order valence-corrected chi connectivity index (χ4v) is 2.08. The van der Waals surface area contributed by atoms with Gasteiger partial charge in [-0.15, -0.1) is 0 Å². The van der Waals surface area contributed by atoms with E-state index in [-0.39, 0.29) is 5.91 Å². The molecule has 3 aromatic rings. The second-order valence-electron chi connectivity index (χ2n) is 5.11. The molecule has 0 unspecified atom stereocenters. The van der Waals surface area contributed by atoms with Crippen LogP contribution in [0.15, 0.2) is 61.1 Å². The molecule has 3 heterocycles. The summed E-state index contributed by atoms with van der Waals surface area (Å²) in [5.74, 6) is 0.529. The average Bonchev–Trinajstić information content (AvgIpc) is 2.62. The molecule has 3 rings (SSSR count). The summed E-state index contributed by atoms with van der Waals surface area (Å²) in [6, 6.07) is 12.5. The van der Waals surface area contributed by atoms with Gasteiger partial charge in [0, 0.05) is 24.3 Å². The van der Waals surface area contributed by atoms with Crippen molar-refractivity contribution in [3.8, 4) is 5.75 Å². The summed E-state index contributed by atoms with van der Waals surface area (Å²) in [6.45, 7) is 2.20. The van der Waals surface area contributed by atoms with Gasteiger partial charge in [-0.25, -0.2) is 9.97 Å². The van der Waals surface area contributed by atoms with E-state index < -0.39 is 0 Å². The number of amides is 1. The number of aryl methyl sites for hydroxylation is 1. The highest BCUT2D eigenvalue weighted by molar-refractivity contribution is 6.03. The molecule has 0 fully saturated rings. The zero-order valence-electron chi connectivity index (χ0n) is 13.1. The van der Waals surface area contributed by atoms with Crippen molar-refractivity contribution in [2.24, 2.45) is 0 Å². The van der Waals surface area contributed by atoms with Crippen LogP contribution >= 0.6 is 0 Å². The Hall–Kier alpha value is -3.28. The van der Waals surface area contributed by atoms with E-state index >= 15 is 0 Å². The standard InChI is InChI=1S/C18H16N4O2/c1-13-4-2-5-15(21-13)18(23)22-17-16(6-3-9-20-17)24-12-14-7-10-19-11-8-14/h2-11H,12H2,1H3,(H,20,22,23). The van der Waals surface area contributed by atoms with Gasteiger partial charge in [0.25, 0.3) is 5.91 Å². The Labute approximate surface area is 139 Å². The highest BCUT2D eigenvalue weighted by Crippen LogP contribution is 2.22. The van der Waals surface area contributed by atoms with E-state index in [1.54, 1.807) is 42.9 Å². The van der Waals surface area contributed by atoms with Crippen LogP contribution in [-0.2, 0) is 6.61 Å². The third-order valence-corrected chi connectivity index (χ3v) is 3.27. The minimum atomic E-state index is -0.328. The molecule has 0 spiro atoms. The SMILES string of the molecule is Cc1cccc(C(=O)Nc2ncccc2OCc2ccncc2)n1. The van der Waals surface area contributed by atoms with Gasteiger partial charge < -0.3 is 10.1 Å². The number of nitrogens with one attached hydrogen (secondary N) is 1. The summed E-state index contributed by atoms with van der Waals surface area (Å²) < 4.78 is 5.76. The molecule has 24 heavy (non-hydrogen) atoms. The van der Waals surface area contributed by atoms with Crippen molar-refractivity contribution in [3.05, 3.63) is 78.0 Å². The van der Waals surface area contributed by atoms with Crippen LogP contribution in [0.3, 0.4) is 0 Å². The maximum Gasteiger partial charge on any atom is 0.275 e. The number of nitrogens with zero attached hydrogens (tertiary/aromatic N) is 3. The second-order valence-corrected chi connectivity index (χ2v) is 5.11. The maximum absolute atomic E-state index is 12.3. The summed E-state index contributed by atoms with van der Waals surface area (Å²) in [5.41, 5.74) is 2.09. The third kappa shape index (κ3) is 3.92. The van der Waals surface area contributed by atoms with Crippen LogP contribution in [-0.4, -0.2) is 20.9 Å². The summed E-state index contributed by atoms with van der Waals surface area (Å²) >= 11 is 0. The molecule has 0 aliphatic heterocycles. The summed E-state index contributed by atoms with van der Waals surface area (Å²) in [4.78, 5) is 24.7. The number of ether oxygens (including phenoxy) is 1. The summed E-state index contributed by atoms with van der Waals surface area (Å²) in [6.07, 6.45) is 5.00. The number of rotatable bonds is 5. The molecule has 0 saturated carbocycles. The summed E-state index contributed by atoms with van der Waals surface area (Å²) in [7, 11) is 0. The van der Waals surface area contributed by atoms with Crippen molar-refractivity contribution >= 4 is 11.7 Å². The Morgan fingerprint density at radius 1 is 1.08 bits per heavy atom. The first-order valence-corrected chi connectivity index (χ1v) is 7.44. The number of anilines is 1. The molecule has 6 heteroatoms. The first-order valence-electron chi connectivity index (χ1n) is 7.44. The lowest BCUT2D eigenvalue weighted by atomic mass is 10.3. The molecular formula is C18H16N4O2. The van der Waals surface area contributed by atoms with Gasteiger partial charge in [0.1, 0.15) is 12.3 Å². The molecule has 0 saturated heterocycles. The number of pyridine rings is 3. The van der Waals surface area contributed by atoms with Crippen molar-refractivity contribution in [3.63, 3.8) is 0 Å². The quantitative estimate of drug-likeness (QED) is 0.782. The number of carbonyl (C=O) groups is 1. The van der Waals surface area contributed by atoms with E-state index in [0.29, 0.717) is 23.9 Å². The van der Waals surface area contributed by atoms with Crippen molar-refractivity contribution in [1.82, 2.24) is 15.0 Å². The molecule has 0 atom stereocenters. The fourth-order valence-electron chi connectivity index (χ4n) is 2.08. The monoisotopic (exact) mass is 320 g/mol. The number of carbonyl (C=O) groups excluding carboxylic acids is 1. The van der Waals surface area contributed by atoms with Crippen LogP contribution in [0, 0.1) is 6.92 Å². The largest absolute Gasteiger partial charge is 0.485 e. The van der Waals surface area contributed by atoms with E-state index in [1.807, 2.05) is 25.1 Å². The van der Waals surface area contributed by atoms with E-state index in [2.05, 4.69) is 20.3 Å². The van der Waals surface area contributed by atoms with Crippen molar-refractivity contribution < 1.29 is 9.53 Å². The Morgan fingerprint density at radius 2 is 1.92 bits per heavy atom. The Morgan fingerprint density at radius 3 is 2.71 bits per heavy atom. The van der Waals surface area contributed by atoms with Crippen molar-refractivity contribution in [2.45, 2.75) is 13.5 Å². The smallest absolute Gasteiger partial charge is 0.275 e. The Kier molecular flexibility index (Phi) is 4.76. The number of hydrogen-bond acceptors (Lipinski definition) is 5. The van der Waals surface area contributed by atoms with E-state index in [0.717, 1.165) is 11.3 Å². The number of aromatic nitrogens is 3. The first kappa shape index (κ1) is 15.6. The highest BCUT2D eigenvalue weighted by atomic mass is 16.5. The summed E-state index contributed by atoms with van der Waals surface area (Å²) in [5, 5.41) is 2.74. The van der Waals surface area contributed by atoms with Gasteiger partial charge in [0.05, 0.1) is 0 Å². The van der Waals surface area contributed by atoms with Gasteiger partial charge in [-0.3, -0.25) is 9.78 Å². The first-order chi connectivity index (χ1) is 11.7. The van der Waals surface area contributed by atoms with Crippen LogP contribution in [0.1, 0.15) is 21.7 Å². The van der Waals surface area contributed by atoms with E-state index in [9.17, 15) is 4.79 Å². The minimum Gasteiger partial charge on any atom is -0.485 e. The predicted molar refractivity (Wildman–Crippen MR) is 89.7 cm³/mol. The van der Waals surface area contributed by atoms with Gasteiger partial charge in [0.2, 0.25) is 0 Å². The van der Waals surface area contributed by atoms with Crippen molar-refractivity contribution in [2.75, 3.05) is 5.32 Å². The second kappa shape index (κ2) is 7.32. The van der Waals surface area contributed by atoms with E-state index in [1.165, 1.54) is 0 Å².